The molecule has 156 valence electrons. The van der Waals surface area contributed by atoms with Gasteiger partial charge in [-0.1, -0.05) is 29.8 Å². The molecule has 0 saturated carbocycles. The summed E-state index contributed by atoms with van der Waals surface area (Å²) in [5.41, 5.74) is 3.55. The van der Waals surface area contributed by atoms with Gasteiger partial charge in [0.15, 0.2) is 0 Å². The summed E-state index contributed by atoms with van der Waals surface area (Å²) < 4.78 is 36.1. The largest absolute Gasteiger partial charge is 0.487 e. The maximum atomic E-state index is 12.6. The summed E-state index contributed by atoms with van der Waals surface area (Å²) in [5, 5.41) is 19.3. The van der Waals surface area contributed by atoms with Crippen molar-refractivity contribution in [2.45, 2.75) is 50.7 Å². The molecule has 2 aromatic rings. The van der Waals surface area contributed by atoms with Gasteiger partial charge in [0.25, 0.3) is 10.1 Å². The van der Waals surface area contributed by atoms with E-state index in [0.717, 1.165) is 11.1 Å². The second-order valence-corrected chi connectivity index (χ2v) is 8.96. The van der Waals surface area contributed by atoms with Crippen LogP contribution in [0.2, 0.25) is 0 Å². The summed E-state index contributed by atoms with van der Waals surface area (Å²) in [7, 11) is -4.03. The third-order valence-corrected chi connectivity index (χ3v) is 6.45. The standard InChI is InChI=1S/C21H24O7S/c1-12-6-13(2)21(14(3)7-12)29(25,26)27-11-17(22)19-10-16-8-15(9-20(23)24)4-5-18(16)28-19/h4-8,17,19,22H,9-11H2,1-3H3,(H,23,24). The Morgan fingerprint density at radius 1 is 1.21 bits per heavy atom. The van der Waals surface area contributed by atoms with Crippen LogP contribution in [0.1, 0.15) is 27.8 Å². The molecule has 0 aliphatic carbocycles. The summed E-state index contributed by atoms with van der Waals surface area (Å²) in [5.74, 6) is -0.378. The fourth-order valence-electron chi connectivity index (χ4n) is 3.71. The van der Waals surface area contributed by atoms with Crippen molar-refractivity contribution < 1.29 is 32.3 Å². The monoisotopic (exact) mass is 420 g/mol. The van der Waals surface area contributed by atoms with Gasteiger partial charge in [-0.15, -0.1) is 0 Å². The SMILES string of the molecule is Cc1cc(C)c(S(=O)(=O)OCC(O)C2Cc3cc(CC(=O)O)ccc3O2)c(C)c1. The van der Waals surface area contributed by atoms with E-state index >= 15 is 0 Å². The molecule has 0 aromatic heterocycles. The number of hydrogen-bond donors (Lipinski definition) is 2. The molecular weight excluding hydrogens is 396 g/mol. The number of aliphatic hydroxyl groups excluding tert-OH is 1. The molecule has 1 heterocycles. The zero-order valence-corrected chi connectivity index (χ0v) is 17.3. The zero-order valence-electron chi connectivity index (χ0n) is 16.5. The van der Waals surface area contributed by atoms with Crippen LogP contribution in [0, 0.1) is 20.8 Å². The molecule has 0 spiro atoms. The lowest BCUT2D eigenvalue weighted by Crippen LogP contribution is -2.35. The fourth-order valence-corrected chi connectivity index (χ4v) is 5.06. The van der Waals surface area contributed by atoms with Gasteiger partial charge in [-0.25, -0.2) is 0 Å². The van der Waals surface area contributed by atoms with Gasteiger partial charge < -0.3 is 14.9 Å². The quantitative estimate of drug-likeness (QED) is 0.662. The molecule has 0 fully saturated rings. The first-order valence-electron chi connectivity index (χ1n) is 9.22. The second kappa shape index (κ2) is 8.14. The van der Waals surface area contributed by atoms with Gasteiger partial charge in [0.05, 0.1) is 17.9 Å². The number of aryl methyl sites for hydroxylation is 3. The number of hydrogen-bond acceptors (Lipinski definition) is 6. The molecule has 3 rings (SSSR count). The lowest BCUT2D eigenvalue weighted by Gasteiger charge is -2.19. The Bertz CT molecular complexity index is 1020. The molecule has 0 radical (unpaired) electrons. The number of fused-ring (bicyclic) bond motifs is 1. The first-order valence-corrected chi connectivity index (χ1v) is 10.6. The molecule has 2 aromatic carbocycles. The van der Waals surface area contributed by atoms with Gasteiger partial charge >= 0.3 is 5.97 Å². The van der Waals surface area contributed by atoms with Gasteiger partial charge in [0, 0.05) is 6.42 Å². The summed E-state index contributed by atoms with van der Waals surface area (Å²) >= 11 is 0. The number of ether oxygens (including phenoxy) is 1. The molecular formula is C21H24O7S. The summed E-state index contributed by atoms with van der Waals surface area (Å²) in [6.45, 7) is 4.86. The van der Waals surface area contributed by atoms with Crippen LogP contribution in [0.15, 0.2) is 35.2 Å². The summed E-state index contributed by atoms with van der Waals surface area (Å²) in [6.07, 6.45) is -1.58. The molecule has 29 heavy (non-hydrogen) atoms. The highest BCUT2D eigenvalue weighted by molar-refractivity contribution is 7.86. The average Bonchev–Trinajstić information content (AvgIpc) is 3.01. The van der Waals surface area contributed by atoms with Crippen LogP contribution in [0.5, 0.6) is 5.75 Å². The van der Waals surface area contributed by atoms with E-state index in [4.69, 9.17) is 14.0 Å². The Hall–Kier alpha value is -2.42. The average molecular weight is 420 g/mol. The highest BCUT2D eigenvalue weighted by atomic mass is 32.2. The number of carboxylic acids is 1. The number of carbonyl (C=O) groups is 1. The van der Waals surface area contributed by atoms with Crippen LogP contribution in [-0.4, -0.2) is 43.4 Å². The fraction of sp³-hybridized carbons (Fsp3) is 0.381. The van der Waals surface area contributed by atoms with Crippen molar-refractivity contribution in [3.63, 3.8) is 0 Å². The van der Waals surface area contributed by atoms with Crippen LogP contribution in [0.4, 0.5) is 0 Å². The van der Waals surface area contributed by atoms with Gasteiger partial charge in [-0.3, -0.25) is 8.98 Å². The Morgan fingerprint density at radius 3 is 2.48 bits per heavy atom. The molecule has 2 unspecified atom stereocenters. The Kier molecular flexibility index (Phi) is 5.97. The normalized spacial score (nSPS) is 16.9. The zero-order chi connectivity index (χ0) is 21.3. The van der Waals surface area contributed by atoms with E-state index in [1.54, 1.807) is 44.2 Å². The van der Waals surface area contributed by atoms with Crippen LogP contribution in [0.25, 0.3) is 0 Å². The minimum atomic E-state index is -4.03. The van der Waals surface area contributed by atoms with Gasteiger partial charge in [-0.05, 0) is 49.1 Å². The van der Waals surface area contributed by atoms with E-state index in [9.17, 15) is 18.3 Å². The lowest BCUT2D eigenvalue weighted by atomic mass is 10.0. The minimum absolute atomic E-state index is 0.100. The van der Waals surface area contributed by atoms with Crippen molar-refractivity contribution in [1.82, 2.24) is 0 Å². The third kappa shape index (κ3) is 4.77. The molecule has 0 saturated heterocycles. The minimum Gasteiger partial charge on any atom is -0.487 e. The van der Waals surface area contributed by atoms with E-state index in [1.807, 2.05) is 6.92 Å². The third-order valence-electron chi connectivity index (χ3n) is 4.86. The molecule has 0 amide bonds. The van der Waals surface area contributed by atoms with E-state index in [1.165, 1.54) is 0 Å². The van der Waals surface area contributed by atoms with Crippen molar-refractivity contribution in [2.24, 2.45) is 0 Å². The molecule has 0 bridgehead atoms. The van der Waals surface area contributed by atoms with Gasteiger partial charge in [-0.2, -0.15) is 8.42 Å². The topological polar surface area (TPSA) is 110 Å². The maximum absolute atomic E-state index is 12.6. The lowest BCUT2D eigenvalue weighted by molar-refractivity contribution is -0.136. The number of rotatable bonds is 7. The second-order valence-electron chi connectivity index (χ2n) is 7.41. The molecule has 7 nitrogen and oxygen atoms in total. The predicted octanol–water partition coefficient (Wildman–Crippen LogP) is 2.31. The van der Waals surface area contributed by atoms with Crippen LogP contribution >= 0.6 is 0 Å². The number of aliphatic carboxylic acids is 1. The molecule has 2 atom stereocenters. The van der Waals surface area contributed by atoms with E-state index in [0.29, 0.717) is 28.9 Å². The Morgan fingerprint density at radius 2 is 1.86 bits per heavy atom. The van der Waals surface area contributed by atoms with Crippen LogP contribution in [-0.2, 0) is 31.9 Å². The van der Waals surface area contributed by atoms with E-state index in [2.05, 4.69) is 0 Å². The van der Waals surface area contributed by atoms with Gasteiger partial charge in [0.1, 0.15) is 18.0 Å². The van der Waals surface area contributed by atoms with Crippen molar-refractivity contribution in [2.75, 3.05) is 6.61 Å². The first kappa shape index (κ1) is 21.3. The van der Waals surface area contributed by atoms with Crippen molar-refractivity contribution in [1.29, 1.82) is 0 Å². The first-order chi connectivity index (χ1) is 13.6. The number of aliphatic hydroxyl groups is 1. The van der Waals surface area contributed by atoms with E-state index < -0.39 is 34.9 Å². The van der Waals surface area contributed by atoms with E-state index in [-0.39, 0.29) is 11.3 Å². The highest BCUT2D eigenvalue weighted by Crippen LogP contribution is 2.31. The van der Waals surface area contributed by atoms with Gasteiger partial charge in [0.2, 0.25) is 0 Å². The summed E-state index contributed by atoms with van der Waals surface area (Å²) in [6, 6.07) is 8.59. The van der Waals surface area contributed by atoms with Crippen LogP contribution < -0.4 is 4.74 Å². The number of benzene rings is 2. The van der Waals surface area contributed by atoms with Crippen LogP contribution in [0.3, 0.4) is 0 Å². The van der Waals surface area contributed by atoms with Crippen molar-refractivity contribution in [3.8, 4) is 5.75 Å². The predicted molar refractivity (Wildman–Crippen MR) is 106 cm³/mol. The molecule has 1 aliphatic rings. The Balaban J connectivity index is 1.67. The molecule has 2 N–H and O–H groups in total. The smallest absolute Gasteiger partial charge is 0.307 e. The maximum Gasteiger partial charge on any atom is 0.307 e. The van der Waals surface area contributed by atoms with Crippen molar-refractivity contribution >= 4 is 16.1 Å². The Labute approximate surface area is 170 Å². The number of carboxylic acid groups (broad SMARTS) is 1. The molecule has 1 aliphatic heterocycles. The highest BCUT2D eigenvalue weighted by Gasteiger charge is 2.31. The molecule has 8 heteroatoms. The summed E-state index contributed by atoms with van der Waals surface area (Å²) in [4.78, 5) is 11.0. The van der Waals surface area contributed by atoms with Crippen molar-refractivity contribution in [3.05, 3.63) is 58.1 Å².